The lowest BCUT2D eigenvalue weighted by Gasteiger charge is -2.25. The summed E-state index contributed by atoms with van der Waals surface area (Å²) in [5.74, 6) is -1.77. The summed E-state index contributed by atoms with van der Waals surface area (Å²) in [4.78, 5) is 87.5. The van der Waals surface area contributed by atoms with Crippen LogP contribution in [-0.4, -0.2) is 80.6 Å². The lowest BCUT2D eigenvalue weighted by Crippen LogP contribution is -2.49. The minimum Gasteiger partial charge on any atom is -0.461 e. The number of anilines is 1. The van der Waals surface area contributed by atoms with Crippen LogP contribution in [0.25, 0.3) is 0 Å². The topological polar surface area (TPSA) is 237 Å². The third kappa shape index (κ3) is 14.2. The number of rotatable bonds is 22. The van der Waals surface area contributed by atoms with Gasteiger partial charge in [0.05, 0.1) is 12.2 Å². The summed E-state index contributed by atoms with van der Waals surface area (Å²) in [7, 11) is 0. The van der Waals surface area contributed by atoms with Crippen LogP contribution in [0.3, 0.4) is 0 Å². The average molecular weight is 754 g/mol. The Hall–Kier alpha value is -5.35. The maximum atomic E-state index is 13.7. The van der Waals surface area contributed by atoms with E-state index in [4.69, 9.17) is 10.5 Å². The molecular formula is C37H55N9O8. The molecule has 17 nitrogen and oxygen atoms in total. The molecule has 0 radical (unpaired) electrons. The molecule has 0 saturated carbocycles. The van der Waals surface area contributed by atoms with E-state index in [0.29, 0.717) is 50.0 Å². The highest BCUT2D eigenvalue weighted by atomic mass is 16.5. The number of ether oxygens (including phenoxy) is 1. The number of nitrogens with two attached hydrogens (primary N) is 1. The summed E-state index contributed by atoms with van der Waals surface area (Å²) in [6.45, 7) is 9.76. The van der Waals surface area contributed by atoms with Gasteiger partial charge in [-0.25, -0.2) is 9.48 Å². The van der Waals surface area contributed by atoms with Gasteiger partial charge in [-0.3, -0.25) is 33.7 Å². The second kappa shape index (κ2) is 21.4. The Balaban J connectivity index is 1.67. The van der Waals surface area contributed by atoms with Gasteiger partial charge in [-0.2, -0.15) is 0 Å². The second-order valence-corrected chi connectivity index (χ2v) is 14.3. The first-order chi connectivity index (χ1) is 25.6. The van der Waals surface area contributed by atoms with Gasteiger partial charge < -0.3 is 31.7 Å². The number of unbranched alkanes of at least 4 members (excludes halogenated alkanes) is 2. The molecule has 1 fully saturated rings. The summed E-state index contributed by atoms with van der Waals surface area (Å²) in [6, 6.07) is 3.92. The number of carbonyl (C=O) groups is 7. The highest BCUT2D eigenvalue weighted by Crippen LogP contribution is 2.24. The van der Waals surface area contributed by atoms with Crippen LogP contribution >= 0.6 is 0 Å². The molecule has 0 aliphatic carbocycles. The lowest BCUT2D eigenvalue weighted by molar-refractivity contribution is -0.142. The van der Waals surface area contributed by atoms with Crippen LogP contribution in [0.2, 0.25) is 0 Å². The number of esters is 1. The summed E-state index contributed by atoms with van der Waals surface area (Å²) < 4.78 is 6.45. The number of nitrogens with one attached hydrogen (secondary N) is 4. The fraction of sp³-hybridized carbons (Fsp3) is 0.595. The Labute approximate surface area is 315 Å². The van der Waals surface area contributed by atoms with Crippen molar-refractivity contribution >= 4 is 47.2 Å². The maximum Gasteiger partial charge on any atom is 0.312 e. The summed E-state index contributed by atoms with van der Waals surface area (Å²) >= 11 is 0. The molecule has 7 amide bonds. The molecule has 1 aliphatic heterocycles. The van der Waals surface area contributed by atoms with Gasteiger partial charge in [0.2, 0.25) is 29.5 Å². The van der Waals surface area contributed by atoms with Gasteiger partial charge in [0.25, 0.3) is 0 Å². The average Bonchev–Trinajstić information content (AvgIpc) is 3.71. The first kappa shape index (κ1) is 43.1. The third-order valence-electron chi connectivity index (χ3n) is 8.85. The van der Waals surface area contributed by atoms with Crippen LogP contribution in [0.1, 0.15) is 116 Å². The first-order valence-electron chi connectivity index (χ1n) is 18.6. The highest BCUT2D eigenvalue weighted by molar-refractivity contribution is 6.01. The molecule has 6 N–H and O–H groups in total. The van der Waals surface area contributed by atoms with Crippen LogP contribution in [0.15, 0.2) is 30.5 Å². The molecule has 1 aliphatic rings. The summed E-state index contributed by atoms with van der Waals surface area (Å²) in [5.41, 5.74) is 6.89. The van der Waals surface area contributed by atoms with Gasteiger partial charge in [-0.05, 0) is 61.6 Å². The molecule has 17 heteroatoms. The minimum atomic E-state index is -0.838. The third-order valence-corrected chi connectivity index (χ3v) is 8.85. The quantitative estimate of drug-likeness (QED) is 0.0669. The molecule has 1 aromatic heterocycles. The standard InChI is InChI=1S/C37H55N9O8/c1-23(2)20-28(41-31(48)11-7-6-8-19-45-32(49)16-17-33(45)50)35(51)42-34(24(3)4)29-21-46(44-43-29)30(10-9-18-39-37(38)53)36(52)40-27-14-12-26(13-15-27)22-54-25(5)47/h12-15,21,23-24,28,30,34H,6-11,16-20,22H2,1-5H3,(H,40,52)(H,41,48)(H,42,51)(H3,38,39,53)/t28-,30-,34-/m0/s1. The van der Waals surface area contributed by atoms with Crippen molar-refractivity contribution in [1.82, 2.24) is 35.8 Å². The number of likely N-dealkylation sites (tertiary alicyclic amines) is 1. The van der Waals surface area contributed by atoms with E-state index in [1.165, 1.54) is 16.5 Å². The number of urea groups is 1. The maximum absolute atomic E-state index is 13.7. The Morgan fingerprint density at radius 2 is 1.59 bits per heavy atom. The molecule has 0 spiro atoms. The second-order valence-electron chi connectivity index (χ2n) is 14.3. The van der Waals surface area contributed by atoms with Crippen molar-refractivity contribution in [3.63, 3.8) is 0 Å². The van der Waals surface area contributed by atoms with Gasteiger partial charge in [0, 0.05) is 45.0 Å². The van der Waals surface area contributed by atoms with Gasteiger partial charge in [-0.1, -0.05) is 51.5 Å². The molecule has 2 aromatic rings. The van der Waals surface area contributed by atoms with Gasteiger partial charge in [0.1, 0.15) is 24.4 Å². The van der Waals surface area contributed by atoms with E-state index in [1.807, 2.05) is 27.7 Å². The first-order valence-corrected chi connectivity index (χ1v) is 18.6. The fourth-order valence-corrected chi connectivity index (χ4v) is 5.98. The van der Waals surface area contributed by atoms with E-state index in [0.717, 1.165) is 5.56 Å². The monoisotopic (exact) mass is 753 g/mol. The number of imide groups is 1. The smallest absolute Gasteiger partial charge is 0.312 e. The van der Waals surface area contributed by atoms with Crippen LogP contribution in [0.4, 0.5) is 10.5 Å². The zero-order valence-corrected chi connectivity index (χ0v) is 31.9. The predicted octanol–water partition coefficient (Wildman–Crippen LogP) is 3.02. The number of carbonyl (C=O) groups excluding carboxylic acids is 7. The molecule has 1 aromatic carbocycles. The number of hydrogen-bond acceptors (Lipinski definition) is 10. The highest BCUT2D eigenvalue weighted by Gasteiger charge is 2.30. The van der Waals surface area contributed by atoms with Crippen LogP contribution in [-0.2, 0) is 40.1 Å². The van der Waals surface area contributed by atoms with E-state index < -0.39 is 30.1 Å². The number of primary amides is 1. The van der Waals surface area contributed by atoms with Crippen molar-refractivity contribution in [1.29, 1.82) is 0 Å². The number of hydrogen-bond donors (Lipinski definition) is 5. The zero-order chi connectivity index (χ0) is 39.8. The van der Waals surface area contributed by atoms with Gasteiger partial charge >= 0.3 is 12.0 Å². The molecule has 3 rings (SSSR count). The van der Waals surface area contributed by atoms with E-state index in [9.17, 15) is 33.6 Å². The normalized spacial score (nSPS) is 14.5. The Morgan fingerprint density at radius 1 is 0.907 bits per heavy atom. The number of nitrogens with zero attached hydrogens (tertiary/aromatic N) is 4. The van der Waals surface area contributed by atoms with E-state index in [-0.39, 0.29) is 80.2 Å². The van der Waals surface area contributed by atoms with E-state index in [2.05, 4.69) is 31.6 Å². The predicted molar refractivity (Wildman–Crippen MR) is 198 cm³/mol. The number of aromatic nitrogens is 3. The molecule has 54 heavy (non-hydrogen) atoms. The SMILES string of the molecule is CC(=O)OCc1ccc(NC(=O)[C@H](CCCNC(N)=O)n2cc([C@@H](NC(=O)[C@H](CC(C)C)NC(=O)CCCCCN3C(=O)CCC3=O)C(C)C)nn2)cc1. The number of amides is 7. The molecule has 2 heterocycles. The molecule has 1 saturated heterocycles. The Bertz CT molecular complexity index is 1590. The van der Waals surface area contributed by atoms with Crippen molar-refractivity contribution in [2.45, 2.75) is 117 Å². The van der Waals surface area contributed by atoms with Crippen molar-refractivity contribution in [2.24, 2.45) is 17.6 Å². The molecular weight excluding hydrogens is 698 g/mol. The lowest BCUT2D eigenvalue weighted by atomic mass is 9.98. The summed E-state index contributed by atoms with van der Waals surface area (Å²) in [6.07, 6.45) is 5.20. The van der Waals surface area contributed by atoms with Gasteiger partial charge in [0.15, 0.2) is 0 Å². The minimum absolute atomic E-state index is 0.100. The molecule has 0 unspecified atom stereocenters. The van der Waals surface area contributed by atoms with Crippen molar-refractivity contribution in [2.75, 3.05) is 18.4 Å². The molecule has 3 atom stereocenters. The zero-order valence-electron chi connectivity index (χ0n) is 31.9. The van der Waals surface area contributed by atoms with Crippen molar-refractivity contribution in [3.05, 3.63) is 41.7 Å². The Morgan fingerprint density at radius 3 is 2.20 bits per heavy atom. The van der Waals surface area contributed by atoms with Crippen LogP contribution in [0.5, 0.6) is 0 Å². The van der Waals surface area contributed by atoms with E-state index >= 15 is 0 Å². The largest absolute Gasteiger partial charge is 0.461 e. The van der Waals surface area contributed by atoms with Crippen molar-refractivity contribution < 1.29 is 38.3 Å². The fourth-order valence-electron chi connectivity index (χ4n) is 5.98. The number of benzene rings is 1. The molecule has 0 bridgehead atoms. The molecule has 296 valence electrons. The van der Waals surface area contributed by atoms with Crippen molar-refractivity contribution in [3.8, 4) is 0 Å². The summed E-state index contributed by atoms with van der Waals surface area (Å²) in [5, 5.41) is 19.9. The van der Waals surface area contributed by atoms with E-state index in [1.54, 1.807) is 30.5 Å². The Kier molecular flexibility index (Phi) is 17.0. The van der Waals surface area contributed by atoms with Crippen LogP contribution < -0.4 is 27.0 Å². The van der Waals surface area contributed by atoms with Gasteiger partial charge in [-0.15, -0.1) is 5.10 Å². The van der Waals surface area contributed by atoms with Crippen LogP contribution in [0, 0.1) is 11.8 Å².